The van der Waals surface area contributed by atoms with E-state index in [1.807, 2.05) is 0 Å². The van der Waals surface area contributed by atoms with Gasteiger partial charge in [0.25, 0.3) is 6.71 Å². The number of hydrogen-bond donors (Lipinski definition) is 0. The van der Waals surface area contributed by atoms with Gasteiger partial charge in [0.2, 0.25) is 0 Å². The molecule has 0 fully saturated rings. The van der Waals surface area contributed by atoms with Gasteiger partial charge in [0, 0.05) is 34.1 Å². The van der Waals surface area contributed by atoms with Gasteiger partial charge in [-0.1, -0.05) is 221 Å². The zero-order chi connectivity index (χ0) is 52.7. The second-order valence-electron chi connectivity index (χ2n) is 29.9. The fourth-order valence-electron chi connectivity index (χ4n) is 10.5. The second-order valence-corrected chi connectivity index (χ2v) is 29.9. The molecule has 0 saturated carbocycles. The van der Waals surface area contributed by atoms with Crippen LogP contribution in [0.15, 0.2) is 103 Å². The topological polar surface area (TPSA) is 6.48 Å². The molecule has 0 saturated heterocycles. The normalized spacial score (nSPS) is 14.7. The quantitative estimate of drug-likeness (QED) is 0.163. The van der Waals surface area contributed by atoms with Gasteiger partial charge in [0.15, 0.2) is 0 Å². The van der Waals surface area contributed by atoms with E-state index in [1.165, 1.54) is 106 Å². The molecule has 2 heterocycles. The van der Waals surface area contributed by atoms with Gasteiger partial charge in [-0.15, -0.1) is 0 Å². The summed E-state index contributed by atoms with van der Waals surface area (Å²) in [5.41, 5.74) is 24.4. The van der Waals surface area contributed by atoms with Gasteiger partial charge < -0.3 is 9.80 Å². The molecule has 0 bridgehead atoms. The maximum absolute atomic E-state index is 2.69. The third-order valence-electron chi connectivity index (χ3n) is 15.6. The summed E-state index contributed by atoms with van der Waals surface area (Å²) in [7, 11) is 0. The van der Waals surface area contributed by atoms with E-state index in [1.54, 1.807) is 0 Å². The Bertz CT molecular complexity index is 2790. The average molecular weight is 945 g/mol. The molecule has 0 aliphatic carbocycles. The van der Waals surface area contributed by atoms with Crippen molar-refractivity contribution >= 4 is 57.2 Å². The zero-order valence-electron chi connectivity index (χ0n) is 48.8. The number of nitrogens with zero attached hydrogens (tertiary/aromatic N) is 2. The summed E-state index contributed by atoms with van der Waals surface area (Å²) in [5.74, 6) is 0. The van der Waals surface area contributed by atoms with Gasteiger partial charge in [-0.2, -0.15) is 0 Å². The smallest absolute Gasteiger partial charge is 0.252 e. The predicted molar refractivity (Wildman–Crippen MR) is 316 cm³/mol. The van der Waals surface area contributed by atoms with Crippen LogP contribution in [0.4, 0.5) is 34.1 Å². The van der Waals surface area contributed by atoms with Crippen LogP contribution in [0.5, 0.6) is 0 Å². The lowest BCUT2D eigenvalue weighted by Gasteiger charge is -2.46. The van der Waals surface area contributed by atoms with E-state index in [-0.39, 0.29) is 50.0 Å². The molecule has 3 heteroatoms. The van der Waals surface area contributed by atoms with Gasteiger partial charge in [0.1, 0.15) is 0 Å². The first-order valence-electron chi connectivity index (χ1n) is 26.8. The molecule has 0 N–H and O–H groups in total. The van der Waals surface area contributed by atoms with E-state index in [0.29, 0.717) is 0 Å². The maximum Gasteiger partial charge on any atom is 0.252 e. The van der Waals surface area contributed by atoms with E-state index >= 15 is 0 Å². The van der Waals surface area contributed by atoms with Crippen LogP contribution in [-0.2, 0) is 43.3 Å². The zero-order valence-corrected chi connectivity index (χ0v) is 48.8. The molecule has 0 radical (unpaired) electrons. The van der Waals surface area contributed by atoms with Crippen molar-refractivity contribution in [3.63, 3.8) is 0 Å². The van der Waals surface area contributed by atoms with Crippen LogP contribution in [0.25, 0.3) is 11.1 Å². The van der Waals surface area contributed by atoms with Gasteiger partial charge in [0.05, 0.1) is 0 Å². The Labute approximate surface area is 433 Å². The van der Waals surface area contributed by atoms with Crippen molar-refractivity contribution < 1.29 is 0 Å². The van der Waals surface area contributed by atoms with Crippen LogP contribution in [0.3, 0.4) is 0 Å². The fourth-order valence-corrected chi connectivity index (χ4v) is 10.5. The Morgan fingerprint density at radius 3 is 0.775 bits per heavy atom. The Morgan fingerprint density at radius 1 is 0.254 bits per heavy atom. The number of rotatable bonds is 3. The molecule has 2 aliphatic heterocycles. The van der Waals surface area contributed by atoms with Crippen molar-refractivity contribution in [2.45, 2.75) is 209 Å². The first-order chi connectivity index (χ1) is 32.2. The van der Waals surface area contributed by atoms with Gasteiger partial charge in [-0.05, 0) is 164 Å². The predicted octanol–water partition coefficient (Wildman–Crippen LogP) is 17.8. The van der Waals surface area contributed by atoms with E-state index in [2.05, 4.69) is 279 Å². The minimum Gasteiger partial charge on any atom is -0.311 e. The highest BCUT2D eigenvalue weighted by molar-refractivity contribution is 7.00. The minimum absolute atomic E-state index is 0.00130. The highest BCUT2D eigenvalue weighted by Crippen LogP contribution is 2.50. The first kappa shape index (κ1) is 52.3. The van der Waals surface area contributed by atoms with Crippen LogP contribution in [0.1, 0.15) is 211 Å². The van der Waals surface area contributed by atoms with Crippen molar-refractivity contribution in [1.82, 2.24) is 0 Å². The molecule has 2 nitrogen and oxygen atoms in total. The monoisotopic (exact) mass is 945 g/mol. The van der Waals surface area contributed by atoms with Gasteiger partial charge >= 0.3 is 0 Å². The van der Waals surface area contributed by atoms with Crippen molar-refractivity contribution in [2.75, 3.05) is 9.80 Å². The first-order valence-corrected chi connectivity index (χ1v) is 26.8. The fraction of sp³-hybridized carbons (Fsp3) is 0.471. The maximum atomic E-state index is 2.69. The van der Waals surface area contributed by atoms with Gasteiger partial charge in [-0.25, -0.2) is 0 Å². The van der Waals surface area contributed by atoms with Crippen molar-refractivity contribution in [1.29, 1.82) is 0 Å². The highest BCUT2D eigenvalue weighted by atomic mass is 15.2. The molecule has 2 aliphatic rings. The summed E-state index contributed by atoms with van der Waals surface area (Å²) in [6.07, 6.45) is 0. The molecule has 0 atom stereocenters. The summed E-state index contributed by atoms with van der Waals surface area (Å²) < 4.78 is 0. The highest BCUT2D eigenvalue weighted by Gasteiger charge is 2.45. The Balaban J connectivity index is 1.63. The molecule has 0 unspecified atom stereocenters. The van der Waals surface area contributed by atoms with E-state index in [9.17, 15) is 0 Å². The van der Waals surface area contributed by atoms with E-state index in [0.717, 1.165) is 0 Å². The molecule has 6 aromatic carbocycles. The summed E-state index contributed by atoms with van der Waals surface area (Å²) in [6.45, 7) is 56.7. The molecule has 0 aromatic heterocycles. The molecular formula is C68H89BN2. The lowest BCUT2D eigenvalue weighted by Crippen LogP contribution is -2.61. The van der Waals surface area contributed by atoms with Crippen LogP contribution in [-0.4, -0.2) is 6.71 Å². The standard InChI is InChI=1S/C68H89BN2/c1-61(2,3)44-25-27-54-56(40-44)70(52-36-48(65(13,14)15)34-49(37-52)66(16,17)18)58-31-43(42-29-46(63(7,8)9)33-47(30-42)64(10,11)12)32-59-60(58)69(54)55-28-26-45(62(4,5)6)41-57(55)71(59)53-38-50(67(19,20)21)35-51(39-53)68(22,23)24/h25-41H,1-24H3. The molecule has 71 heavy (non-hydrogen) atoms. The summed E-state index contributed by atoms with van der Waals surface area (Å²) >= 11 is 0. The lowest BCUT2D eigenvalue weighted by atomic mass is 9.33. The van der Waals surface area contributed by atoms with E-state index in [4.69, 9.17) is 0 Å². The number of benzene rings is 6. The molecule has 0 amide bonds. The summed E-state index contributed by atoms with van der Waals surface area (Å²) in [6, 6.07) is 42.5. The van der Waals surface area contributed by atoms with Crippen LogP contribution >= 0.6 is 0 Å². The Kier molecular flexibility index (Phi) is 12.4. The number of fused-ring (bicyclic) bond motifs is 4. The third kappa shape index (κ3) is 9.95. The van der Waals surface area contributed by atoms with Crippen molar-refractivity contribution in [3.05, 3.63) is 148 Å². The van der Waals surface area contributed by atoms with Crippen molar-refractivity contribution in [2.24, 2.45) is 0 Å². The largest absolute Gasteiger partial charge is 0.311 e. The SMILES string of the molecule is CC(C)(C)c1cc(-c2cc3c4c(c2)N(c2cc(C(C)(C)C)cc(C(C)(C)C)c2)c2cc(C(C)(C)C)ccc2B4c2ccc(C(C)(C)C)cc2N3c2cc(C(C)(C)C)cc(C(C)(C)C)c2)cc(C(C)(C)C)c1. The van der Waals surface area contributed by atoms with Crippen LogP contribution in [0.2, 0.25) is 0 Å². The molecule has 374 valence electrons. The lowest BCUT2D eigenvalue weighted by molar-refractivity contribution is 0.568. The molecular weight excluding hydrogens is 856 g/mol. The second kappa shape index (κ2) is 16.8. The number of hydrogen-bond acceptors (Lipinski definition) is 2. The summed E-state index contributed by atoms with van der Waals surface area (Å²) in [4.78, 5) is 5.37. The Hall–Kier alpha value is -5.02. The summed E-state index contributed by atoms with van der Waals surface area (Å²) in [5, 5.41) is 0. The molecule has 6 aromatic rings. The van der Waals surface area contributed by atoms with Crippen LogP contribution < -0.4 is 26.2 Å². The van der Waals surface area contributed by atoms with Crippen LogP contribution in [0, 0.1) is 0 Å². The molecule has 0 spiro atoms. The third-order valence-corrected chi connectivity index (χ3v) is 15.6. The van der Waals surface area contributed by atoms with E-state index < -0.39 is 0 Å². The average Bonchev–Trinajstić information content (AvgIpc) is 3.22. The number of anilines is 6. The van der Waals surface area contributed by atoms with Crippen molar-refractivity contribution in [3.8, 4) is 11.1 Å². The molecule has 8 rings (SSSR count). The Morgan fingerprint density at radius 2 is 0.507 bits per heavy atom. The van der Waals surface area contributed by atoms with Gasteiger partial charge in [-0.3, -0.25) is 0 Å². The minimum atomic E-state index is -0.0637.